The van der Waals surface area contributed by atoms with Gasteiger partial charge in [-0.05, 0) is 39.9 Å². The maximum Gasteiger partial charge on any atom is 0.172 e. The number of rotatable bonds is 4. The Bertz CT molecular complexity index is 1170. The molecule has 4 heteroatoms. The van der Waals surface area contributed by atoms with Gasteiger partial charge in [-0.3, -0.25) is 0 Å². The summed E-state index contributed by atoms with van der Waals surface area (Å²) in [5.74, 6) is -0.865. The lowest BCUT2D eigenvalue weighted by molar-refractivity contribution is 0.692. The topological polar surface area (TPSA) is 95.2 Å². The fourth-order valence-electron chi connectivity index (χ4n) is 3.35. The third-order valence-corrected chi connectivity index (χ3v) is 5.04. The molecule has 3 aromatic rings. The van der Waals surface area contributed by atoms with Gasteiger partial charge in [0.15, 0.2) is 11.3 Å². The standard InChI is InChI=1S/C24H16N4/c1-17-10-19-4-2-3-5-20(19)11-21(17)12-24(15-27,16-28)23-8-6-18(7-9-23)22(13-25)14-26/h2-11,22H,12H2,1H3. The first-order valence-electron chi connectivity index (χ1n) is 8.77. The lowest BCUT2D eigenvalue weighted by Gasteiger charge is -2.21. The van der Waals surface area contributed by atoms with E-state index >= 15 is 0 Å². The van der Waals surface area contributed by atoms with Crippen LogP contribution >= 0.6 is 0 Å². The van der Waals surface area contributed by atoms with Crippen LogP contribution in [0.15, 0.2) is 60.7 Å². The highest BCUT2D eigenvalue weighted by Gasteiger charge is 2.33. The Morgan fingerprint density at radius 3 is 1.93 bits per heavy atom. The highest BCUT2D eigenvalue weighted by Crippen LogP contribution is 2.31. The Hall–Kier alpha value is -4.12. The quantitative estimate of drug-likeness (QED) is 0.667. The molecule has 0 saturated heterocycles. The molecule has 0 atom stereocenters. The second-order valence-electron chi connectivity index (χ2n) is 6.74. The highest BCUT2D eigenvalue weighted by molar-refractivity contribution is 5.84. The average molecular weight is 360 g/mol. The lowest BCUT2D eigenvalue weighted by Crippen LogP contribution is -2.25. The van der Waals surface area contributed by atoms with E-state index in [1.54, 1.807) is 24.3 Å². The number of nitrogens with zero attached hydrogens (tertiary/aromatic N) is 4. The summed E-state index contributed by atoms with van der Waals surface area (Å²) in [6.07, 6.45) is 0.260. The number of benzene rings is 3. The number of hydrogen-bond donors (Lipinski definition) is 0. The smallest absolute Gasteiger partial charge is 0.172 e. The molecule has 3 aromatic carbocycles. The van der Waals surface area contributed by atoms with Gasteiger partial charge in [0.05, 0.1) is 24.3 Å². The van der Waals surface area contributed by atoms with Gasteiger partial charge in [0.2, 0.25) is 0 Å². The fraction of sp³-hybridized carbons (Fsp3) is 0.167. The maximum absolute atomic E-state index is 9.89. The van der Waals surface area contributed by atoms with Crippen molar-refractivity contribution in [3.8, 4) is 24.3 Å². The molecule has 3 rings (SSSR count). The first-order valence-corrected chi connectivity index (χ1v) is 8.77. The minimum atomic E-state index is -1.35. The minimum Gasteiger partial charge on any atom is -0.196 e. The third kappa shape index (κ3) is 3.29. The van der Waals surface area contributed by atoms with E-state index in [0.29, 0.717) is 11.1 Å². The van der Waals surface area contributed by atoms with Gasteiger partial charge in [0.25, 0.3) is 0 Å². The van der Waals surface area contributed by atoms with Crippen molar-refractivity contribution in [2.45, 2.75) is 24.7 Å². The third-order valence-electron chi connectivity index (χ3n) is 5.04. The van der Waals surface area contributed by atoms with Crippen LogP contribution < -0.4 is 0 Å². The molecular formula is C24H16N4. The van der Waals surface area contributed by atoms with Crippen LogP contribution in [0.3, 0.4) is 0 Å². The van der Waals surface area contributed by atoms with Crippen LogP contribution in [0.1, 0.15) is 28.2 Å². The van der Waals surface area contributed by atoms with E-state index < -0.39 is 11.3 Å². The van der Waals surface area contributed by atoms with Gasteiger partial charge < -0.3 is 0 Å². The number of hydrogen-bond acceptors (Lipinski definition) is 4. The minimum absolute atomic E-state index is 0.260. The Kier molecular flexibility index (Phi) is 5.09. The first kappa shape index (κ1) is 18.7. The van der Waals surface area contributed by atoms with Crippen molar-refractivity contribution in [2.75, 3.05) is 0 Å². The summed E-state index contributed by atoms with van der Waals surface area (Å²) in [6, 6.07) is 26.9. The van der Waals surface area contributed by atoms with E-state index in [1.807, 2.05) is 49.4 Å². The van der Waals surface area contributed by atoms with Crippen molar-refractivity contribution in [3.05, 3.63) is 82.9 Å². The molecule has 0 spiro atoms. The van der Waals surface area contributed by atoms with Crippen molar-refractivity contribution in [1.82, 2.24) is 0 Å². The van der Waals surface area contributed by atoms with E-state index in [4.69, 9.17) is 10.5 Å². The molecule has 0 unspecified atom stereocenters. The molecule has 0 aliphatic carbocycles. The lowest BCUT2D eigenvalue weighted by atomic mass is 9.76. The SMILES string of the molecule is Cc1cc2ccccc2cc1CC(C#N)(C#N)c1ccc(C(C#N)C#N)cc1. The van der Waals surface area contributed by atoms with Crippen molar-refractivity contribution >= 4 is 10.8 Å². The summed E-state index contributed by atoms with van der Waals surface area (Å²) in [5.41, 5.74) is 1.74. The largest absolute Gasteiger partial charge is 0.196 e. The van der Waals surface area contributed by atoms with E-state index in [9.17, 15) is 10.5 Å². The van der Waals surface area contributed by atoms with Crippen LogP contribution in [0, 0.1) is 52.2 Å². The predicted octanol–water partition coefficient (Wildman–Crippen LogP) is 4.81. The second kappa shape index (κ2) is 7.63. The molecule has 0 aromatic heterocycles. The second-order valence-corrected chi connectivity index (χ2v) is 6.74. The molecule has 0 saturated carbocycles. The summed E-state index contributed by atoms with van der Waals surface area (Å²) in [6.45, 7) is 1.98. The zero-order valence-corrected chi connectivity index (χ0v) is 15.3. The zero-order chi connectivity index (χ0) is 20.1. The van der Waals surface area contributed by atoms with Gasteiger partial charge in [-0.15, -0.1) is 0 Å². The van der Waals surface area contributed by atoms with E-state index in [1.165, 1.54) is 0 Å². The molecule has 0 amide bonds. The predicted molar refractivity (Wildman–Crippen MR) is 106 cm³/mol. The van der Waals surface area contributed by atoms with Gasteiger partial charge >= 0.3 is 0 Å². The van der Waals surface area contributed by atoms with Crippen LogP contribution in [-0.4, -0.2) is 0 Å². The van der Waals surface area contributed by atoms with Gasteiger partial charge in [0, 0.05) is 6.42 Å². The summed E-state index contributed by atoms with van der Waals surface area (Å²) in [7, 11) is 0. The number of aryl methyl sites for hydroxylation is 1. The van der Waals surface area contributed by atoms with Crippen molar-refractivity contribution in [1.29, 1.82) is 21.0 Å². The maximum atomic E-state index is 9.89. The summed E-state index contributed by atoms with van der Waals surface area (Å²) >= 11 is 0. The highest BCUT2D eigenvalue weighted by atomic mass is 14.4. The normalized spacial score (nSPS) is 10.6. The molecule has 0 N–H and O–H groups in total. The van der Waals surface area contributed by atoms with Gasteiger partial charge in [-0.2, -0.15) is 21.0 Å². The Balaban J connectivity index is 2.03. The molecule has 132 valence electrons. The van der Waals surface area contributed by atoms with Gasteiger partial charge in [-0.1, -0.05) is 60.7 Å². The van der Waals surface area contributed by atoms with Crippen LogP contribution in [0.2, 0.25) is 0 Å². The number of fused-ring (bicyclic) bond motifs is 1. The van der Waals surface area contributed by atoms with E-state index in [2.05, 4.69) is 18.2 Å². The summed E-state index contributed by atoms with van der Waals surface area (Å²) < 4.78 is 0. The van der Waals surface area contributed by atoms with E-state index in [-0.39, 0.29) is 6.42 Å². The van der Waals surface area contributed by atoms with Crippen LogP contribution in [0.4, 0.5) is 0 Å². The van der Waals surface area contributed by atoms with Crippen molar-refractivity contribution in [3.63, 3.8) is 0 Å². The van der Waals surface area contributed by atoms with Crippen molar-refractivity contribution < 1.29 is 0 Å². The molecule has 0 radical (unpaired) electrons. The van der Waals surface area contributed by atoms with Crippen LogP contribution in [0.25, 0.3) is 10.8 Å². The van der Waals surface area contributed by atoms with Crippen LogP contribution in [0.5, 0.6) is 0 Å². The van der Waals surface area contributed by atoms with Crippen LogP contribution in [-0.2, 0) is 11.8 Å². The van der Waals surface area contributed by atoms with Gasteiger partial charge in [0.1, 0.15) is 0 Å². The molecule has 4 nitrogen and oxygen atoms in total. The summed E-state index contributed by atoms with van der Waals surface area (Å²) in [4.78, 5) is 0. The van der Waals surface area contributed by atoms with Crippen molar-refractivity contribution in [2.24, 2.45) is 0 Å². The number of nitriles is 4. The molecule has 0 heterocycles. The Labute approximate surface area is 164 Å². The first-order chi connectivity index (χ1) is 13.6. The molecule has 0 bridgehead atoms. The average Bonchev–Trinajstić information content (AvgIpc) is 2.74. The zero-order valence-electron chi connectivity index (χ0n) is 15.3. The molecule has 0 aliphatic heterocycles. The Morgan fingerprint density at radius 2 is 1.39 bits per heavy atom. The molecule has 0 fully saturated rings. The summed E-state index contributed by atoms with van der Waals surface area (Å²) in [5, 5.41) is 40.0. The van der Waals surface area contributed by atoms with E-state index in [0.717, 1.165) is 21.9 Å². The molecule has 0 aliphatic rings. The molecule has 28 heavy (non-hydrogen) atoms. The fourth-order valence-corrected chi connectivity index (χ4v) is 3.35. The van der Waals surface area contributed by atoms with Gasteiger partial charge in [-0.25, -0.2) is 0 Å². The Morgan fingerprint density at radius 1 is 0.821 bits per heavy atom. The molecular weight excluding hydrogens is 344 g/mol. The monoisotopic (exact) mass is 360 g/mol.